The summed E-state index contributed by atoms with van der Waals surface area (Å²) >= 11 is 0. The van der Waals surface area contributed by atoms with Crippen molar-refractivity contribution >= 4 is 15.9 Å². The van der Waals surface area contributed by atoms with E-state index < -0.39 is 10.0 Å². The molecule has 1 saturated carbocycles. The standard InChI is InChI=1S/C33H47N3O6S/c1-25-21-30(40-3)22-26(2)32(25)43(38,39)36-16-8-7-11-29(36)23-42-24-31(37)34-28-12-14-33(15-13-28,27-9-5-4-6-10-27)35-17-19-41-20-18-35/h4-6,9-10,21-22,28-29H,7-8,11-20,23-24H2,1-3H3,(H,34,37). The molecule has 1 N–H and O–H groups in total. The summed E-state index contributed by atoms with van der Waals surface area (Å²) in [6.07, 6.45) is 6.19. The van der Waals surface area contributed by atoms with E-state index in [-0.39, 0.29) is 36.7 Å². The Balaban J connectivity index is 1.16. The Morgan fingerprint density at radius 1 is 1.00 bits per heavy atom. The predicted octanol–water partition coefficient (Wildman–Crippen LogP) is 4.16. The largest absolute Gasteiger partial charge is 0.497 e. The fraction of sp³-hybridized carbons (Fsp3) is 0.606. The molecule has 10 heteroatoms. The summed E-state index contributed by atoms with van der Waals surface area (Å²) in [6, 6.07) is 14.1. The quantitative estimate of drug-likeness (QED) is 0.430. The molecule has 236 valence electrons. The Morgan fingerprint density at radius 2 is 1.67 bits per heavy atom. The van der Waals surface area contributed by atoms with E-state index in [0.29, 0.717) is 34.7 Å². The van der Waals surface area contributed by atoms with Gasteiger partial charge in [0, 0.05) is 37.3 Å². The van der Waals surface area contributed by atoms with Gasteiger partial charge in [0.1, 0.15) is 12.4 Å². The van der Waals surface area contributed by atoms with Gasteiger partial charge in [0.2, 0.25) is 15.9 Å². The summed E-state index contributed by atoms with van der Waals surface area (Å²) in [4.78, 5) is 15.8. The summed E-state index contributed by atoms with van der Waals surface area (Å²) < 4.78 is 46.0. The van der Waals surface area contributed by atoms with Gasteiger partial charge in [-0.05, 0) is 81.2 Å². The number of methoxy groups -OCH3 is 1. The van der Waals surface area contributed by atoms with Crippen LogP contribution >= 0.6 is 0 Å². The van der Waals surface area contributed by atoms with Crippen LogP contribution in [0.5, 0.6) is 5.75 Å². The molecule has 1 amide bonds. The summed E-state index contributed by atoms with van der Waals surface area (Å²) in [6.45, 7) is 7.53. The third-order valence-corrected chi connectivity index (χ3v) is 11.7. The minimum atomic E-state index is -3.73. The van der Waals surface area contributed by atoms with Gasteiger partial charge < -0.3 is 19.5 Å². The average molecular weight is 614 g/mol. The van der Waals surface area contributed by atoms with Gasteiger partial charge in [0.25, 0.3) is 0 Å². The molecule has 0 radical (unpaired) electrons. The van der Waals surface area contributed by atoms with E-state index >= 15 is 0 Å². The predicted molar refractivity (Wildman–Crippen MR) is 166 cm³/mol. The maximum absolute atomic E-state index is 13.8. The minimum Gasteiger partial charge on any atom is -0.497 e. The van der Waals surface area contributed by atoms with E-state index in [1.165, 1.54) is 5.56 Å². The fourth-order valence-electron chi connectivity index (χ4n) is 7.33. The molecule has 2 aromatic rings. The van der Waals surface area contributed by atoms with Crippen LogP contribution in [0.15, 0.2) is 47.4 Å². The van der Waals surface area contributed by atoms with Crippen molar-refractivity contribution in [3.05, 3.63) is 59.2 Å². The number of piperidine rings is 1. The second kappa shape index (κ2) is 14.1. The Hall–Kier alpha value is -2.50. The van der Waals surface area contributed by atoms with Crippen LogP contribution in [0.2, 0.25) is 0 Å². The van der Waals surface area contributed by atoms with Crippen molar-refractivity contribution in [2.75, 3.05) is 53.2 Å². The van der Waals surface area contributed by atoms with E-state index in [2.05, 4.69) is 40.5 Å². The number of carbonyl (C=O) groups is 1. The SMILES string of the molecule is COc1cc(C)c(S(=O)(=O)N2CCCCC2COCC(=O)NC2CCC(c3ccccc3)(N3CCOCC3)CC2)c(C)c1. The molecule has 0 bridgehead atoms. The van der Waals surface area contributed by atoms with Crippen LogP contribution in [0.4, 0.5) is 0 Å². The van der Waals surface area contributed by atoms with Crippen LogP contribution in [-0.4, -0.2) is 88.8 Å². The number of nitrogens with one attached hydrogen (secondary N) is 1. The lowest BCUT2D eigenvalue weighted by Gasteiger charge is -2.50. The molecule has 5 rings (SSSR count). The van der Waals surface area contributed by atoms with Gasteiger partial charge in [0.05, 0.1) is 31.8 Å². The average Bonchev–Trinajstić information content (AvgIpc) is 3.02. The van der Waals surface area contributed by atoms with Gasteiger partial charge in [-0.25, -0.2) is 8.42 Å². The summed E-state index contributed by atoms with van der Waals surface area (Å²) in [7, 11) is -2.15. The highest BCUT2D eigenvalue weighted by Gasteiger charge is 2.42. The summed E-state index contributed by atoms with van der Waals surface area (Å²) in [5.41, 5.74) is 2.65. The molecular formula is C33H47N3O6S. The lowest BCUT2D eigenvalue weighted by Crippen LogP contribution is -2.55. The number of benzene rings is 2. The molecule has 2 aromatic carbocycles. The number of hydrogen-bond donors (Lipinski definition) is 1. The Labute approximate surface area is 256 Å². The number of morpholine rings is 1. The number of nitrogens with zero attached hydrogens (tertiary/aromatic N) is 2. The Bertz CT molecular complexity index is 1310. The second-order valence-electron chi connectivity index (χ2n) is 12.2. The number of rotatable bonds is 10. The van der Waals surface area contributed by atoms with Crippen molar-refractivity contribution in [1.82, 2.24) is 14.5 Å². The van der Waals surface area contributed by atoms with E-state index in [9.17, 15) is 13.2 Å². The van der Waals surface area contributed by atoms with Crippen LogP contribution < -0.4 is 10.1 Å². The summed E-state index contributed by atoms with van der Waals surface area (Å²) in [5, 5.41) is 3.19. The number of ether oxygens (including phenoxy) is 3. The Morgan fingerprint density at radius 3 is 2.33 bits per heavy atom. The first-order valence-electron chi connectivity index (χ1n) is 15.7. The van der Waals surface area contributed by atoms with Gasteiger partial charge in [-0.1, -0.05) is 36.8 Å². The topological polar surface area (TPSA) is 97.4 Å². The van der Waals surface area contributed by atoms with Crippen LogP contribution in [0.25, 0.3) is 0 Å². The maximum atomic E-state index is 13.8. The van der Waals surface area contributed by atoms with Gasteiger partial charge in [0.15, 0.2) is 0 Å². The first-order chi connectivity index (χ1) is 20.7. The molecule has 0 aromatic heterocycles. The van der Waals surface area contributed by atoms with Crippen molar-refractivity contribution in [2.24, 2.45) is 0 Å². The summed E-state index contributed by atoms with van der Waals surface area (Å²) in [5.74, 6) is 0.499. The zero-order valence-corrected chi connectivity index (χ0v) is 26.7. The third-order valence-electron chi connectivity index (χ3n) is 9.46. The molecule has 1 atom stereocenters. The van der Waals surface area contributed by atoms with Crippen molar-refractivity contribution in [3.63, 3.8) is 0 Å². The molecular weight excluding hydrogens is 566 g/mol. The first-order valence-corrected chi connectivity index (χ1v) is 17.1. The van der Waals surface area contributed by atoms with Gasteiger partial charge in [-0.3, -0.25) is 9.69 Å². The number of aryl methyl sites for hydroxylation is 2. The minimum absolute atomic E-state index is 0.0285. The first kappa shape index (κ1) is 31.9. The molecule has 43 heavy (non-hydrogen) atoms. The molecule has 0 spiro atoms. The molecule has 2 aliphatic heterocycles. The van der Waals surface area contributed by atoms with Gasteiger partial charge >= 0.3 is 0 Å². The highest BCUT2D eigenvalue weighted by Crippen LogP contribution is 2.43. The third kappa shape index (κ3) is 7.09. The highest BCUT2D eigenvalue weighted by molar-refractivity contribution is 7.89. The van der Waals surface area contributed by atoms with E-state index in [4.69, 9.17) is 14.2 Å². The van der Waals surface area contributed by atoms with Gasteiger partial charge in [-0.2, -0.15) is 4.31 Å². The van der Waals surface area contributed by atoms with Crippen molar-refractivity contribution in [2.45, 2.75) is 81.3 Å². The van der Waals surface area contributed by atoms with Crippen molar-refractivity contribution < 1.29 is 27.4 Å². The van der Waals surface area contributed by atoms with Crippen LogP contribution in [-0.2, 0) is 29.8 Å². The highest BCUT2D eigenvalue weighted by atomic mass is 32.2. The molecule has 1 aliphatic carbocycles. The molecule has 3 aliphatic rings. The monoisotopic (exact) mass is 613 g/mol. The van der Waals surface area contributed by atoms with Crippen LogP contribution in [0.1, 0.15) is 61.6 Å². The number of sulfonamides is 1. The van der Waals surface area contributed by atoms with Crippen LogP contribution in [0.3, 0.4) is 0 Å². The van der Waals surface area contributed by atoms with E-state index in [1.807, 2.05) is 0 Å². The zero-order valence-electron chi connectivity index (χ0n) is 25.8. The number of amides is 1. The van der Waals surface area contributed by atoms with Crippen molar-refractivity contribution in [1.29, 1.82) is 0 Å². The molecule has 2 heterocycles. The second-order valence-corrected chi connectivity index (χ2v) is 14.0. The van der Waals surface area contributed by atoms with Crippen LogP contribution in [0, 0.1) is 13.8 Å². The lowest BCUT2D eigenvalue weighted by molar-refractivity contribution is -0.127. The fourth-order valence-corrected chi connectivity index (χ4v) is 9.43. The van der Waals surface area contributed by atoms with Crippen molar-refractivity contribution in [3.8, 4) is 5.75 Å². The molecule has 3 fully saturated rings. The zero-order chi connectivity index (χ0) is 30.5. The number of hydrogen-bond acceptors (Lipinski definition) is 7. The normalized spacial score (nSPS) is 25.7. The molecule has 2 saturated heterocycles. The lowest BCUT2D eigenvalue weighted by atomic mass is 9.73. The maximum Gasteiger partial charge on any atom is 0.246 e. The smallest absolute Gasteiger partial charge is 0.246 e. The van der Waals surface area contributed by atoms with E-state index in [0.717, 1.165) is 64.8 Å². The molecule has 9 nitrogen and oxygen atoms in total. The van der Waals surface area contributed by atoms with E-state index in [1.54, 1.807) is 37.4 Å². The Kier molecular flexibility index (Phi) is 10.4. The number of carbonyl (C=O) groups excluding carboxylic acids is 1. The van der Waals surface area contributed by atoms with Gasteiger partial charge in [-0.15, -0.1) is 0 Å². The molecule has 1 unspecified atom stereocenters.